The van der Waals surface area contributed by atoms with Gasteiger partial charge in [-0.1, -0.05) is 0 Å². The molecule has 9 heteroatoms. The molecule has 158 valence electrons. The lowest BCUT2D eigenvalue weighted by Crippen LogP contribution is -2.09. The van der Waals surface area contributed by atoms with Gasteiger partial charge in [0, 0.05) is 48.7 Å². The number of aromatic nitrogens is 2. The lowest BCUT2D eigenvalue weighted by Gasteiger charge is -2.10. The van der Waals surface area contributed by atoms with E-state index in [4.69, 9.17) is 9.47 Å². The largest absolute Gasteiger partial charge is 0.490 e. The number of benzene rings is 2. The number of nitrogens with one attached hydrogen (secondary N) is 2. The van der Waals surface area contributed by atoms with E-state index in [9.17, 15) is 8.42 Å². The summed E-state index contributed by atoms with van der Waals surface area (Å²) in [6.07, 6.45) is 3.97. The first-order valence-corrected chi connectivity index (χ1v) is 11.5. The quantitative estimate of drug-likeness (QED) is 0.626. The van der Waals surface area contributed by atoms with Gasteiger partial charge in [0.05, 0.1) is 25.2 Å². The van der Waals surface area contributed by atoms with Crippen LogP contribution in [0.3, 0.4) is 0 Å². The Hall–Kier alpha value is -3.20. The first-order valence-electron chi connectivity index (χ1n) is 9.62. The molecule has 0 saturated carbocycles. The average Bonchev–Trinajstić information content (AvgIpc) is 2.92. The Bertz CT molecular complexity index is 1140. The van der Waals surface area contributed by atoms with E-state index < -0.39 is 10.0 Å². The number of fused-ring (bicyclic) bond motifs is 1. The first kappa shape index (κ1) is 20.1. The fraction of sp³-hybridized carbons (Fsp3) is 0.286. The van der Waals surface area contributed by atoms with Gasteiger partial charge in [-0.15, -0.1) is 0 Å². The molecule has 0 radical (unpaired) electrons. The Balaban J connectivity index is 1.51. The smallest absolute Gasteiger partial charge is 0.229 e. The lowest BCUT2D eigenvalue weighted by molar-refractivity contribution is 0.297. The van der Waals surface area contributed by atoms with Crippen molar-refractivity contribution in [2.24, 2.45) is 7.05 Å². The molecule has 0 spiro atoms. The molecular formula is C21H24N4O4S. The molecule has 0 amide bonds. The molecule has 8 nitrogen and oxygen atoms in total. The van der Waals surface area contributed by atoms with Crippen LogP contribution in [0.5, 0.6) is 11.5 Å². The van der Waals surface area contributed by atoms with Crippen LogP contribution >= 0.6 is 0 Å². The molecule has 0 fully saturated rings. The molecular weight excluding hydrogens is 404 g/mol. The van der Waals surface area contributed by atoms with Gasteiger partial charge in [-0.25, -0.2) is 8.42 Å². The Labute approximate surface area is 175 Å². The van der Waals surface area contributed by atoms with Crippen LogP contribution in [0.1, 0.15) is 12.0 Å². The number of sulfonamides is 1. The van der Waals surface area contributed by atoms with Gasteiger partial charge in [-0.2, -0.15) is 5.10 Å². The molecule has 1 aromatic heterocycles. The SMILES string of the molecule is Cn1cc(CNc2ccc(NS(C)(=O)=O)cc2)c(-c2ccc3c(c2)OCCCO3)n1. The predicted molar refractivity (Wildman–Crippen MR) is 116 cm³/mol. The molecule has 0 atom stereocenters. The molecule has 30 heavy (non-hydrogen) atoms. The van der Waals surface area contributed by atoms with E-state index in [0.29, 0.717) is 25.4 Å². The van der Waals surface area contributed by atoms with Gasteiger partial charge in [0.2, 0.25) is 10.0 Å². The number of hydrogen-bond acceptors (Lipinski definition) is 6. The molecule has 1 aliphatic heterocycles. The normalized spacial score (nSPS) is 13.5. The second-order valence-electron chi connectivity index (χ2n) is 7.19. The van der Waals surface area contributed by atoms with Crippen LogP contribution in [0.2, 0.25) is 0 Å². The van der Waals surface area contributed by atoms with Gasteiger partial charge < -0.3 is 14.8 Å². The van der Waals surface area contributed by atoms with E-state index >= 15 is 0 Å². The van der Waals surface area contributed by atoms with Crippen LogP contribution in [-0.4, -0.2) is 37.7 Å². The molecule has 4 rings (SSSR count). The number of ether oxygens (including phenoxy) is 2. The van der Waals surface area contributed by atoms with Crippen LogP contribution in [0, 0.1) is 0 Å². The molecule has 2 N–H and O–H groups in total. The zero-order chi connectivity index (χ0) is 21.1. The topological polar surface area (TPSA) is 94.5 Å². The van der Waals surface area contributed by atoms with Crippen LogP contribution in [-0.2, 0) is 23.6 Å². The van der Waals surface area contributed by atoms with E-state index in [-0.39, 0.29) is 0 Å². The van der Waals surface area contributed by atoms with Crippen molar-refractivity contribution in [1.82, 2.24) is 9.78 Å². The summed E-state index contributed by atoms with van der Waals surface area (Å²) in [7, 11) is -1.40. The highest BCUT2D eigenvalue weighted by molar-refractivity contribution is 7.92. The average molecular weight is 429 g/mol. The summed E-state index contributed by atoms with van der Waals surface area (Å²) in [6, 6.07) is 13.0. The highest BCUT2D eigenvalue weighted by Crippen LogP contribution is 2.35. The molecule has 0 unspecified atom stereocenters. The van der Waals surface area contributed by atoms with Crippen molar-refractivity contribution in [3.05, 3.63) is 54.2 Å². The number of anilines is 2. The maximum atomic E-state index is 11.3. The molecule has 3 aromatic rings. The Morgan fingerprint density at radius 2 is 1.73 bits per heavy atom. The minimum absolute atomic E-state index is 0.525. The van der Waals surface area contributed by atoms with Gasteiger partial charge >= 0.3 is 0 Å². The Morgan fingerprint density at radius 3 is 2.47 bits per heavy atom. The standard InChI is InChI=1S/C21H24N4O4S/c1-25-14-16(13-22-17-5-7-18(8-6-17)24-30(2,26)27)21(23-25)15-4-9-19-20(12-15)29-11-3-10-28-19/h4-9,12,14,22,24H,3,10-11,13H2,1-2H3. The van der Waals surface area contributed by atoms with E-state index in [1.165, 1.54) is 0 Å². The minimum Gasteiger partial charge on any atom is -0.490 e. The maximum absolute atomic E-state index is 11.3. The van der Waals surface area contributed by atoms with Crippen molar-refractivity contribution in [3.63, 3.8) is 0 Å². The van der Waals surface area contributed by atoms with Gasteiger partial charge in [0.1, 0.15) is 0 Å². The van der Waals surface area contributed by atoms with E-state index in [1.807, 2.05) is 43.6 Å². The zero-order valence-electron chi connectivity index (χ0n) is 16.9. The predicted octanol–water partition coefficient (Wildman–Crippen LogP) is 3.23. The van der Waals surface area contributed by atoms with Gasteiger partial charge in [-0.05, 0) is 42.5 Å². The summed E-state index contributed by atoms with van der Waals surface area (Å²) in [4.78, 5) is 0. The third-order valence-electron chi connectivity index (χ3n) is 4.60. The Morgan fingerprint density at radius 1 is 1.03 bits per heavy atom. The van der Waals surface area contributed by atoms with E-state index in [2.05, 4.69) is 15.1 Å². The summed E-state index contributed by atoms with van der Waals surface area (Å²) < 4.78 is 38.4. The van der Waals surface area contributed by atoms with Crippen molar-refractivity contribution in [1.29, 1.82) is 0 Å². The lowest BCUT2D eigenvalue weighted by atomic mass is 10.1. The molecule has 0 aliphatic carbocycles. The van der Waals surface area contributed by atoms with Crippen molar-refractivity contribution in [2.75, 3.05) is 29.5 Å². The fourth-order valence-corrected chi connectivity index (χ4v) is 3.85. The van der Waals surface area contributed by atoms with Gasteiger partial charge in [0.25, 0.3) is 0 Å². The second kappa shape index (κ2) is 8.27. The van der Waals surface area contributed by atoms with E-state index in [0.717, 1.165) is 46.7 Å². The van der Waals surface area contributed by atoms with Crippen LogP contribution in [0.15, 0.2) is 48.7 Å². The fourth-order valence-electron chi connectivity index (χ4n) is 3.29. The number of hydrogen-bond donors (Lipinski definition) is 2. The summed E-state index contributed by atoms with van der Waals surface area (Å²) in [5, 5.41) is 7.98. The van der Waals surface area contributed by atoms with Gasteiger partial charge in [0.15, 0.2) is 11.5 Å². The molecule has 0 saturated heterocycles. The summed E-state index contributed by atoms with van der Waals surface area (Å²) in [6.45, 7) is 1.86. The van der Waals surface area contributed by atoms with Crippen LogP contribution < -0.4 is 19.5 Å². The van der Waals surface area contributed by atoms with Crippen molar-refractivity contribution >= 4 is 21.4 Å². The highest BCUT2D eigenvalue weighted by atomic mass is 32.2. The number of aryl methyl sites for hydroxylation is 1. The Kier molecular flexibility index (Phi) is 5.54. The molecule has 1 aliphatic rings. The minimum atomic E-state index is -3.29. The highest BCUT2D eigenvalue weighted by Gasteiger charge is 2.15. The molecule has 2 heterocycles. The third-order valence-corrected chi connectivity index (χ3v) is 5.20. The van der Waals surface area contributed by atoms with Crippen molar-refractivity contribution in [2.45, 2.75) is 13.0 Å². The van der Waals surface area contributed by atoms with Gasteiger partial charge in [-0.3, -0.25) is 9.40 Å². The maximum Gasteiger partial charge on any atom is 0.229 e. The molecule has 0 bridgehead atoms. The number of nitrogens with zero attached hydrogens (tertiary/aromatic N) is 2. The monoisotopic (exact) mass is 428 g/mol. The summed E-state index contributed by atoms with van der Waals surface area (Å²) in [5.74, 6) is 1.50. The van der Waals surface area contributed by atoms with E-state index in [1.54, 1.807) is 16.8 Å². The summed E-state index contributed by atoms with van der Waals surface area (Å²) in [5.41, 5.74) is 4.27. The molecule has 2 aromatic carbocycles. The second-order valence-corrected chi connectivity index (χ2v) is 8.94. The van der Waals surface area contributed by atoms with Crippen LogP contribution in [0.4, 0.5) is 11.4 Å². The summed E-state index contributed by atoms with van der Waals surface area (Å²) >= 11 is 0. The van der Waals surface area contributed by atoms with Crippen LogP contribution in [0.25, 0.3) is 11.3 Å². The third kappa shape index (κ3) is 4.85. The number of rotatable bonds is 6. The van der Waals surface area contributed by atoms with Crippen molar-refractivity contribution in [3.8, 4) is 22.8 Å². The van der Waals surface area contributed by atoms with Crippen molar-refractivity contribution < 1.29 is 17.9 Å². The first-order chi connectivity index (χ1) is 14.4. The zero-order valence-corrected chi connectivity index (χ0v) is 17.7.